The van der Waals surface area contributed by atoms with Crippen LogP contribution in [0.3, 0.4) is 0 Å². The summed E-state index contributed by atoms with van der Waals surface area (Å²) in [5.74, 6) is 0.970. The van der Waals surface area contributed by atoms with Gasteiger partial charge in [-0.05, 0) is 24.5 Å². The lowest BCUT2D eigenvalue weighted by Crippen LogP contribution is -2.21. The maximum absolute atomic E-state index is 13.7. The molecule has 1 aliphatic carbocycles. The predicted octanol–water partition coefficient (Wildman–Crippen LogP) is 3.02. The van der Waals surface area contributed by atoms with Crippen molar-refractivity contribution in [2.45, 2.75) is 31.7 Å². The van der Waals surface area contributed by atoms with Crippen LogP contribution >= 0.6 is 0 Å². The fourth-order valence-corrected chi connectivity index (χ4v) is 2.26. The quantitative estimate of drug-likeness (QED) is 0.851. The molecule has 16 heavy (non-hydrogen) atoms. The summed E-state index contributed by atoms with van der Waals surface area (Å²) in [5.41, 5.74) is 6.59. The maximum atomic E-state index is 13.7. The number of ether oxygens (including phenoxy) is 1. The average molecular weight is 223 g/mol. The number of benzene rings is 1. The Balaban J connectivity index is 2.16. The van der Waals surface area contributed by atoms with Crippen molar-refractivity contribution in [2.24, 2.45) is 11.7 Å². The van der Waals surface area contributed by atoms with E-state index in [0.29, 0.717) is 17.2 Å². The van der Waals surface area contributed by atoms with Gasteiger partial charge in [-0.15, -0.1) is 0 Å². The van der Waals surface area contributed by atoms with E-state index in [0.717, 1.165) is 6.42 Å². The molecule has 1 aromatic carbocycles. The van der Waals surface area contributed by atoms with Crippen molar-refractivity contribution in [3.63, 3.8) is 0 Å². The van der Waals surface area contributed by atoms with Gasteiger partial charge < -0.3 is 10.5 Å². The zero-order chi connectivity index (χ0) is 11.5. The van der Waals surface area contributed by atoms with Crippen molar-refractivity contribution in [3.8, 4) is 5.75 Å². The van der Waals surface area contributed by atoms with E-state index in [9.17, 15) is 4.39 Å². The van der Waals surface area contributed by atoms with Gasteiger partial charge >= 0.3 is 0 Å². The second kappa shape index (κ2) is 4.83. The van der Waals surface area contributed by atoms with Crippen molar-refractivity contribution in [1.82, 2.24) is 0 Å². The first-order valence-electron chi connectivity index (χ1n) is 5.80. The zero-order valence-corrected chi connectivity index (χ0v) is 9.58. The van der Waals surface area contributed by atoms with Gasteiger partial charge in [-0.1, -0.05) is 25.3 Å². The van der Waals surface area contributed by atoms with Gasteiger partial charge in [0.2, 0.25) is 0 Å². The highest BCUT2D eigenvalue weighted by Gasteiger charge is 2.24. The van der Waals surface area contributed by atoms with E-state index in [1.807, 2.05) is 0 Å². The average Bonchev–Trinajstić information content (AvgIpc) is 2.22. The van der Waals surface area contributed by atoms with E-state index in [1.165, 1.54) is 25.3 Å². The minimum atomic E-state index is -0.258. The second-order valence-electron chi connectivity index (χ2n) is 4.49. The van der Waals surface area contributed by atoms with Crippen LogP contribution in [-0.2, 0) is 0 Å². The topological polar surface area (TPSA) is 35.2 Å². The molecule has 1 atom stereocenters. The number of nitrogens with two attached hydrogens (primary N) is 1. The van der Waals surface area contributed by atoms with Crippen LogP contribution in [0.5, 0.6) is 5.75 Å². The van der Waals surface area contributed by atoms with E-state index in [4.69, 9.17) is 10.5 Å². The summed E-state index contributed by atoms with van der Waals surface area (Å²) in [6, 6.07) is 4.60. The van der Waals surface area contributed by atoms with Crippen LogP contribution in [0, 0.1) is 11.7 Å². The third-order valence-electron chi connectivity index (χ3n) is 3.42. The largest absolute Gasteiger partial charge is 0.496 e. The summed E-state index contributed by atoms with van der Waals surface area (Å²) in [4.78, 5) is 0. The Morgan fingerprint density at radius 2 is 2.25 bits per heavy atom. The van der Waals surface area contributed by atoms with Crippen molar-refractivity contribution < 1.29 is 9.13 Å². The molecule has 2 nitrogen and oxygen atoms in total. The van der Waals surface area contributed by atoms with E-state index in [2.05, 4.69) is 0 Å². The highest BCUT2D eigenvalue weighted by atomic mass is 19.1. The van der Waals surface area contributed by atoms with E-state index >= 15 is 0 Å². The molecule has 1 aromatic rings. The van der Waals surface area contributed by atoms with E-state index in [-0.39, 0.29) is 11.9 Å². The lowest BCUT2D eigenvalue weighted by molar-refractivity contribution is 0.273. The SMILES string of the molecule is COc1cccc(F)c1C(N)CC1CCC1. The molecule has 0 spiro atoms. The van der Waals surface area contributed by atoms with Crippen LogP contribution in [0.4, 0.5) is 4.39 Å². The molecule has 2 rings (SSSR count). The van der Waals surface area contributed by atoms with Crippen molar-refractivity contribution in [3.05, 3.63) is 29.6 Å². The monoisotopic (exact) mass is 223 g/mol. The van der Waals surface area contributed by atoms with Crippen LogP contribution in [0.25, 0.3) is 0 Å². The summed E-state index contributed by atoms with van der Waals surface area (Å²) in [6.45, 7) is 0. The van der Waals surface area contributed by atoms with Crippen LogP contribution < -0.4 is 10.5 Å². The molecule has 0 heterocycles. The number of hydrogen-bond donors (Lipinski definition) is 1. The van der Waals surface area contributed by atoms with Crippen LogP contribution in [0.1, 0.15) is 37.3 Å². The molecule has 1 unspecified atom stereocenters. The normalized spacial score (nSPS) is 17.9. The molecule has 1 saturated carbocycles. The summed E-state index contributed by atoms with van der Waals surface area (Å²) >= 11 is 0. The molecule has 3 heteroatoms. The molecule has 2 N–H and O–H groups in total. The van der Waals surface area contributed by atoms with Gasteiger partial charge in [-0.25, -0.2) is 4.39 Å². The molecule has 0 aromatic heterocycles. The third kappa shape index (κ3) is 2.19. The minimum absolute atomic E-state index is 0.249. The third-order valence-corrected chi connectivity index (χ3v) is 3.42. The Morgan fingerprint density at radius 1 is 1.50 bits per heavy atom. The first-order chi connectivity index (χ1) is 7.72. The Labute approximate surface area is 95.6 Å². The predicted molar refractivity (Wildman–Crippen MR) is 61.8 cm³/mol. The highest BCUT2D eigenvalue weighted by molar-refractivity contribution is 5.37. The first kappa shape index (κ1) is 11.4. The zero-order valence-electron chi connectivity index (χ0n) is 9.58. The van der Waals surface area contributed by atoms with Gasteiger partial charge in [0.15, 0.2) is 0 Å². The van der Waals surface area contributed by atoms with Gasteiger partial charge in [0, 0.05) is 11.6 Å². The lowest BCUT2D eigenvalue weighted by Gasteiger charge is -2.28. The molecule has 1 aliphatic rings. The number of methoxy groups -OCH3 is 1. The fourth-order valence-electron chi connectivity index (χ4n) is 2.26. The van der Waals surface area contributed by atoms with Gasteiger partial charge in [-0.3, -0.25) is 0 Å². The maximum Gasteiger partial charge on any atom is 0.131 e. The summed E-state index contributed by atoms with van der Waals surface area (Å²) in [6.07, 6.45) is 4.60. The molecule has 0 bridgehead atoms. The van der Waals surface area contributed by atoms with E-state index in [1.54, 1.807) is 19.2 Å². The van der Waals surface area contributed by atoms with Gasteiger partial charge in [0.25, 0.3) is 0 Å². The number of halogens is 1. The Morgan fingerprint density at radius 3 is 2.81 bits per heavy atom. The van der Waals surface area contributed by atoms with Crippen LogP contribution in [0.15, 0.2) is 18.2 Å². The second-order valence-corrected chi connectivity index (χ2v) is 4.49. The minimum Gasteiger partial charge on any atom is -0.496 e. The summed E-state index contributed by atoms with van der Waals surface area (Å²) < 4.78 is 18.9. The molecular weight excluding hydrogens is 205 g/mol. The molecule has 0 amide bonds. The number of hydrogen-bond acceptors (Lipinski definition) is 2. The summed E-state index contributed by atoms with van der Waals surface area (Å²) in [7, 11) is 1.55. The van der Waals surface area contributed by atoms with Crippen molar-refractivity contribution in [2.75, 3.05) is 7.11 Å². The Bertz CT molecular complexity index is 363. The molecular formula is C13H18FNO. The molecule has 88 valence electrons. The van der Waals surface area contributed by atoms with Crippen LogP contribution in [0.2, 0.25) is 0 Å². The first-order valence-corrected chi connectivity index (χ1v) is 5.80. The highest BCUT2D eigenvalue weighted by Crippen LogP contribution is 2.36. The number of rotatable bonds is 4. The lowest BCUT2D eigenvalue weighted by atomic mass is 9.79. The van der Waals surface area contributed by atoms with Crippen molar-refractivity contribution in [1.29, 1.82) is 0 Å². The fraction of sp³-hybridized carbons (Fsp3) is 0.538. The van der Waals surface area contributed by atoms with E-state index < -0.39 is 0 Å². The van der Waals surface area contributed by atoms with Crippen molar-refractivity contribution >= 4 is 0 Å². The standard InChI is InChI=1S/C13H18FNO/c1-16-12-7-3-6-10(14)13(12)11(15)8-9-4-2-5-9/h3,6-7,9,11H,2,4-5,8,15H2,1H3. The van der Waals surface area contributed by atoms with Gasteiger partial charge in [0.05, 0.1) is 7.11 Å². The van der Waals surface area contributed by atoms with Gasteiger partial charge in [-0.2, -0.15) is 0 Å². The Kier molecular flexibility index (Phi) is 3.44. The summed E-state index contributed by atoms with van der Waals surface area (Å²) in [5, 5.41) is 0. The molecule has 0 radical (unpaired) electrons. The van der Waals surface area contributed by atoms with Gasteiger partial charge in [0.1, 0.15) is 11.6 Å². The molecule has 0 saturated heterocycles. The van der Waals surface area contributed by atoms with Crippen LogP contribution in [-0.4, -0.2) is 7.11 Å². The molecule has 0 aliphatic heterocycles. The molecule has 1 fully saturated rings. The smallest absolute Gasteiger partial charge is 0.131 e. The Hall–Kier alpha value is -1.09.